The molecule has 2 aromatic rings. The van der Waals surface area contributed by atoms with Gasteiger partial charge in [-0.25, -0.2) is 8.42 Å². The summed E-state index contributed by atoms with van der Waals surface area (Å²) in [5.41, 5.74) is 0. The third-order valence-electron chi connectivity index (χ3n) is 4.36. The molecule has 1 aliphatic carbocycles. The first-order chi connectivity index (χ1) is 11.6. The number of hydrogen-bond acceptors (Lipinski definition) is 6. The third kappa shape index (κ3) is 2.69. The summed E-state index contributed by atoms with van der Waals surface area (Å²) < 4.78 is 37.7. The average Bonchev–Trinajstić information content (AvgIpc) is 3.26. The standard InChI is InChI=1S/C16H19N3O4S/c1-2-22-13-5-3-4-6-14(13)24(20,21)19-9-12(10-19)16-17-15(18-23-16)11-7-8-11/h3-6,11-12H,2,7-10H2,1H3. The van der Waals surface area contributed by atoms with E-state index >= 15 is 0 Å². The summed E-state index contributed by atoms with van der Waals surface area (Å²) in [6.07, 6.45) is 2.22. The second-order valence-electron chi connectivity index (χ2n) is 6.16. The molecule has 0 radical (unpaired) electrons. The molecule has 0 atom stereocenters. The van der Waals surface area contributed by atoms with Crippen LogP contribution in [-0.4, -0.2) is 42.6 Å². The van der Waals surface area contributed by atoms with Crippen molar-refractivity contribution in [2.24, 2.45) is 0 Å². The lowest BCUT2D eigenvalue weighted by Crippen LogP contribution is -2.48. The molecule has 0 amide bonds. The molecule has 4 rings (SSSR count). The molecule has 1 saturated carbocycles. The van der Waals surface area contributed by atoms with Gasteiger partial charge in [-0.1, -0.05) is 17.3 Å². The number of rotatable bonds is 6. The van der Waals surface area contributed by atoms with Crippen molar-refractivity contribution in [1.29, 1.82) is 0 Å². The van der Waals surface area contributed by atoms with Crippen molar-refractivity contribution in [3.63, 3.8) is 0 Å². The van der Waals surface area contributed by atoms with Crippen LogP contribution in [0.15, 0.2) is 33.7 Å². The number of ether oxygens (including phenoxy) is 1. The first-order valence-corrected chi connectivity index (χ1v) is 9.59. The lowest BCUT2D eigenvalue weighted by atomic mass is 10.0. The molecule has 2 heterocycles. The summed E-state index contributed by atoms with van der Waals surface area (Å²) in [5.74, 6) is 2.09. The molecule has 128 valence electrons. The van der Waals surface area contributed by atoms with Crippen molar-refractivity contribution >= 4 is 10.0 Å². The number of sulfonamides is 1. The zero-order valence-electron chi connectivity index (χ0n) is 13.4. The van der Waals surface area contributed by atoms with E-state index < -0.39 is 10.0 Å². The Bertz CT molecular complexity index is 839. The average molecular weight is 349 g/mol. The van der Waals surface area contributed by atoms with E-state index in [1.54, 1.807) is 24.3 Å². The molecular weight excluding hydrogens is 330 g/mol. The summed E-state index contributed by atoms with van der Waals surface area (Å²) in [4.78, 5) is 4.61. The molecule has 2 aliphatic rings. The Hall–Kier alpha value is -1.93. The van der Waals surface area contributed by atoms with Crippen molar-refractivity contribution in [1.82, 2.24) is 14.4 Å². The van der Waals surface area contributed by atoms with E-state index in [9.17, 15) is 8.42 Å². The molecule has 8 heteroatoms. The fraction of sp³-hybridized carbons (Fsp3) is 0.500. The Morgan fingerprint density at radius 2 is 2.00 bits per heavy atom. The monoisotopic (exact) mass is 349 g/mol. The molecule has 2 fully saturated rings. The van der Waals surface area contributed by atoms with Crippen LogP contribution >= 0.6 is 0 Å². The minimum absolute atomic E-state index is 0.0287. The lowest BCUT2D eigenvalue weighted by molar-refractivity contribution is 0.215. The number of para-hydroxylation sites is 1. The van der Waals surface area contributed by atoms with E-state index in [1.807, 2.05) is 6.92 Å². The van der Waals surface area contributed by atoms with E-state index in [0.717, 1.165) is 18.7 Å². The molecule has 1 aromatic heterocycles. The molecule has 0 bridgehead atoms. The maximum absolute atomic E-state index is 12.8. The summed E-state index contributed by atoms with van der Waals surface area (Å²) in [7, 11) is -3.57. The van der Waals surface area contributed by atoms with Crippen LogP contribution < -0.4 is 4.74 Å². The van der Waals surface area contributed by atoms with Crippen molar-refractivity contribution in [3.05, 3.63) is 36.0 Å². The molecule has 0 unspecified atom stereocenters. The van der Waals surface area contributed by atoms with Crippen LogP contribution in [0.5, 0.6) is 5.75 Å². The predicted molar refractivity (Wildman–Crippen MR) is 85.4 cm³/mol. The maximum Gasteiger partial charge on any atom is 0.246 e. The zero-order chi connectivity index (χ0) is 16.7. The van der Waals surface area contributed by atoms with Crippen LogP contribution in [0, 0.1) is 0 Å². The topological polar surface area (TPSA) is 85.5 Å². The first kappa shape index (κ1) is 15.6. The molecule has 0 spiro atoms. The number of aromatic nitrogens is 2. The van der Waals surface area contributed by atoms with Gasteiger partial charge in [-0.05, 0) is 31.9 Å². The van der Waals surface area contributed by atoms with Gasteiger partial charge in [0.05, 0.1) is 12.5 Å². The maximum atomic E-state index is 12.8. The second-order valence-corrected chi connectivity index (χ2v) is 8.07. The van der Waals surface area contributed by atoms with Gasteiger partial charge in [0.1, 0.15) is 10.6 Å². The summed E-state index contributed by atoms with van der Waals surface area (Å²) in [6.45, 7) is 2.96. The largest absolute Gasteiger partial charge is 0.492 e. The quantitative estimate of drug-likeness (QED) is 0.794. The van der Waals surface area contributed by atoms with Crippen molar-refractivity contribution in [2.75, 3.05) is 19.7 Å². The minimum Gasteiger partial charge on any atom is -0.492 e. The molecular formula is C16H19N3O4S. The van der Waals surface area contributed by atoms with Crippen LogP contribution in [0.4, 0.5) is 0 Å². The summed E-state index contributed by atoms with van der Waals surface area (Å²) in [6, 6.07) is 6.71. The van der Waals surface area contributed by atoms with Crippen LogP contribution in [-0.2, 0) is 10.0 Å². The zero-order valence-corrected chi connectivity index (χ0v) is 14.2. The SMILES string of the molecule is CCOc1ccccc1S(=O)(=O)N1CC(c2nc(C3CC3)no2)C1. The Balaban J connectivity index is 1.49. The molecule has 1 aliphatic heterocycles. The van der Waals surface area contributed by atoms with Crippen molar-refractivity contribution in [2.45, 2.75) is 36.5 Å². The number of hydrogen-bond donors (Lipinski definition) is 0. The van der Waals surface area contributed by atoms with Gasteiger partial charge in [0, 0.05) is 19.0 Å². The highest BCUT2D eigenvalue weighted by atomic mass is 32.2. The van der Waals surface area contributed by atoms with E-state index in [4.69, 9.17) is 9.26 Å². The smallest absolute Gasteiger partial charge is 0.246 e. The van der Waals surface area contributed by atoms with E-state index in [1.165, 1.54) is 4.31 Å². The van der Waals surface area contributed by atoms with Crippen molar-refractivity contribution < 1.29 is 17.7 Å². The van der Waals surface area contributed by atoms with E-state index in [0.29, 0.717) is 37.3 Å². The fourth-order valence-corrected chi connectivity index (χ4v) is 4.45. The van der Waals surface area contributed by atoms with Crippen LogP contribution in [0.25, 0.3) is 0 Å². The normalized spacial score (nSPS) is 19.2. The highest BCUT2D eigenvalue weighted by Gasteiger charge is 2.42. The Kier molecular flexibility index (Phi) is 3.80. The van der Waals surface area contributed by atoms with Gasteiger partial charge in [-0.3, -0.25) is 0 Å². The number of benzene rings is 1. The highest BCUT2D eigenvalue weighted by Crippen LogP contribution is 2.40. The Morgan fingerprint density at radius 1 is 1.25 bits per heavy atom. The summed E-state index contributed by atoms with van der Waals surface area (Å²) in [5, 5.41) is 3.99. The van der Waals surface area contributed by atoms with Gasteiger partial charge in [-0.2, -0.15) is 9.29 Å². The van der Waals surface area contributed by atoms with Gasteiger partial charge in [0.25, 0.3) is 0 Å². The summed E-state index contributed by atoms with van der Waals surface area (Å²) >= 11 is 0. The second kappa shape index (κ2) is 5.86. The van der Waals surface area contributed by atoms with E-state index in [-0.39, 0.29) is 10.8 Å². The lowest BCUT2D eigenvalue weighted by Gasteiger charge is -2.36. The molecule has 24 heavy (non-hydrogen) atoms. The van der Waals surface area contributed by atoms with Gasteiger partial charge in [0.2, 0.25) is 15.9 Å². The van der Waals surface area contributed by atoms with Crippen molar-refractivity contribution in [3.8, 4) is 5.75 Å². The van der Waals surface area contributed by atoms with Gasteiger partial charge < -0.3 is 9.26 Å². The predicted octanol–water partition coefficient (Wildman–Crippen LogP) is 2.13. The van der Waals surface area contributed by atoms with Crippen LogP contribution in [0.3, 0.4) is 0 Å². The molecule has 7 nitrogen and oxygen atoms in total. The Labute approximate surface area is 140 Å². The van der Waals surface area contributed by atoms with Gasteiger partial charge >= 0.3 is 0 Å². The molecule has 0 N–H and O–H groups in total. The van der Waals surface area contributed by atoms with Gasteiger partial charge in [0.15, 0.2) is 5.82 Å². The first-order valence-electron chi connectivity index (χ1n) is 8.15. The Morgan fingerprint density at radius 3 is 2.71 bits per heavy atom. The third-order valence-corrected chi connectivity index (χ3v) is 6.24. The number of nitrogens with zero attached hydrogens (tertiary/aromatic N) is 3. The fourth-order valence-electron chi connectivity index (χ4n) is 2.79. The minimum atomic E-state index is -3.57. The molecule has 1 saturated heterocycles. The molecule has 1 aromatic carbocycles. The van der Waals surface area contributed by atoms with E-state index in [2.05, 4.69) is 10.1 Å². The van der Waals surface area contributed by atoms with Gasteiger partial charge in [-0.15, -0.1) is 0 Å². The van der Waals surface area contributed by atoms with Crippen LogP contribution in [0.2, 0.25) is 0 Å². The highest BCUT2D eigenvalue weighted by molar-refractivity contribution is 7.89. The van der Waals surface area contributed by atoms with Crippen LogP contribution in [0.1, 0.15) is 43.3 Å².